The van der Waals surface area contributed by atoms with Gasteiger partial charge in [0.15, 0.2) is 0 Å². The van der Waals surface area contributed by atoms with E-state index in [1.54, 1.807) is 50.4 Å². The number of nitrogens with one attached hydrogen (secondary N) is 2. The SMILES string of the molecule is COc1cccc(NC(=O)[C@@H](C)NC(=O)c2cccs2)c1. The summed E-state index contributed by atoms with van der Waals surface area (Å²) in [6.07, 6.45) is 0. The van der Waals surface area contributed by atoms with Gasteiger partial charge in [-0.3, -0.25) is 9.59 Å². The molecule has 0 aliphatic carbocycles. The molecule has 2 rings (SSSR count). The average molecular weight is 304 g/mol. The fourth-order valence-electron chi connectivity index (χ4n) is 1.69. The van der Waals surface area contributed by atoms with Gasteiger partial charge in [0.1, 0.15) is 11.8 Å². The number of rotatable bonds is 5. The molecule has 6 heteroatoms. The molecular formula is C15H16N2O3S. The van der Waals surface area contributed by atoms with Crippen LogP contribution in [0.15, 0.2) is 41.8 Å². The number of carbonyl (C=O) groups excluding carboxylic acids is 2. The minimum Gasteiger partial charge on any atom is -0.497 e. The van der Waals surface area contributed by atoms with Crippen molar-refractivity contribution in [3.63, 3.8) is 0 Å². The molecule has 2 N–H and O–H groups in total. The van der Waals surface area contributed by atoms with Crippen LogP contribution in [-0.4, -0.2) is 25.0 Å². The monoisotopic (exact) mass is 304 g/mol. The largest absolute Gasteiger partial charge is 0.497 e. The van der Waals surface area contributed by atoms with Crippen molar-refractivity contribution in [2.24, 2.45) is 0 Å². The minimum absolute atomic E-state index is 0.252. The second-order valence-electron chi connectivity index (χ2n) is 4.39. The van der Waals surface area contributed by atoms with E-state index in [1.165, 1.54) is 11.3 Å². The fraction of sp³-hybridized carbons (Fsp3) is 0.200. The molecule has 1 heterocycles. The van der Waals surface area contributed by atoms with Gasteiger partial charge in [-0.1, -0.05) is 12.1 Å². The summed E-state index contributed by atoms with van der Waals surface area (Å²) in [6.45, 7) is 1.64. The Morgan fingerprint density at radius 1 is 1.24 bits per heavy atom. The summed E-state index contributed by atoms with van der Waals surface area (Å²) in [5.74, 6) is 0.120. The summed E-state index contributed by atoms with van der Waals surface area (Å²) in [5, 5.41) is 7.21. The number of hydrogen-bond donors (Lipinski definition) is 2. The number of benzene rings is 1. The molecule has 0 saturated heterocycles. The topological polar surface area (TPSA) is 67.4 Å². The van der Waals surface area contributed by atoms with E-state index in [0.717, 1.165) is 0 Å². The average Bonchev–Trinajstić information content (AvgIpc) is 3.01. The van der Waals surface area contributed by atoms with Crippen LogP contribution in [0.1, 0.15) is 16.6 Å². The first-order valence-electron chi connectivity index (χ1n) is 6.39. The molecule has 0 aliphatic rings. The Kier molecular flexibility index (Phi) is 4.94. The predicted octanol–water partition coefficient (Wildman–Crippen LogP) is 2.51. The molecule has 110 valence electrons. The number of methoxy groups -OCH3 is 1. The first kappa shape index (κ1) is 15.1. The molecule has 21 heavy (non-hydrogen) atoms. The second-order valence-corrected chi connectivity index (χ2v) is 5.34. The van der Waals surface area contributed by atoms with Gasteiger partial charge in [-0.2, -0.15) is 0 Å². The maximum atomic E-state index is 12.1. The van der Waals surface area contributed by atoms with Gasteiger partial charge in [0.05, 0.1) is 12.0 Å². The molecule has 0 aliphatic heterocycles. The lowest BCUT2D eigenvalue weighted by Crippen LogP contribution is -2.41. The summed E-state index contributed by atoms with van der Waals surface area (Å²) in [6, 6.07) is 9.92. The first-order chi connectivity index (χ1) is 10.1. The van der Waals surface area contributed by atoms with Crippen molar-refractivity contribution in [3.05, 3.63) is 46.7 Å². The number of anilines is 1. The molecule has 1 aromatic heterocycles. The number of amides is 2. The van der Waals surface area contributed by atoms with Crippen LogP contribution in [0.4, 0.5) is 5.69 Å². The lowest BCUT2D eigenvalue weighted by atomic mass is 10.2. The highest BCUT2D eigenvalue weighted by atomic mass is 32.1. The van der Waals surface area contributed by atoms with E-state index in [-0.39, 0.29) is 11.8 Å². The Hall–Kier alpha value is -2.34. The maximum Gasteiger partial charge on any atom is 0.261 e. The third kappa shape index (κ3) is 4.06. The van der Waals surface area contributed by atoms with Crippen molar-refractivity contribution < 1.29 is 14.3 Å². The van der Waals surface area contributed by atoms with Gasteiger partial charge < -0.3 is 15.4 Å². The molecule has 1 aromatic carbocycles. The second kappa shape index (κ2) is 6.90. The lowest BCUT2D eigenvalue weighted by molar-refractivity contribution is -0.117. The van der Waals surface area contributed by atoms with Gasteiger partial charge in [0.25, 0.3) is 5.91 Å². The van der Waals surface area contributed by atoms with Crippen LogP contribution in [0.2, 0.25) is 0 Å². The van der Waals surface area contributed by atoms with E-state index >= 15 is 0 Å². The van der Waals surface area contributed by atoms with Crippen molar-refractivity contribution in [3.8, 4) is 5.75 Å². The molecule has 5 nitrogen and oxygen atoms in total. The minimum atomic E-state index is -0.634. The van der Waals surface area contributed by atoms with Crippen molar-refractivity contribution in [1.82, 2.24) is 5.32 Å². The third-order valence-electron chi connectivity index (χ3n) is 2.82. The maximum absolute atomic E-state index is 12.1. The lowest BCUT2D eigenvalue weighted by Gasteiger charge is -2.14. The summed E-state index contributed by atoms with van der Waals surface area (Å²) in [5.41, 5.74) is 0.622. The smallest absolute Gasteiger partial charge is 0.261 e. The zero-order chi connectivity index (χ0) is 15.2. The third-order valence-corrected chi connectivity index (χ3v) is 3.69. The Labute approximate surface area is 126 Å². The van der Waals surface area contributed by atoms with E-state index in [0.29, 0.717) is 16.3 Å². The van der Waals surface area contributed by atoms with Gasteiger partial charge in [0.2, 0.25) is 5.91 Å². The van der Waals surface area contributed by atoms with Crippen LogP contribution in [0.3, 0.4) is 0 Å². The van der Waals surface area contributed by atoms with Crippen LogP contribution >= 0.6 is 11.3 Å². The molecule has 0 fully saturated rings. The summed E-state index contributed by atoms with van der Waals surface area (Å²) >= 11 is 1.33. The highest BCUT2D eigenvalue weighted by Crippen LogP contribution is 2.16. The van der Waals surface area contributed by atoms with Crippen molar-refractivity contribution >= 4 is 28.8 Å². The zero-order valence-corrected chi connectivity index (χ0v) is 12.6. The molecule has 0 spiro atoms. The van der Waals surface area contributed by atoms with Gasteiger partial charge in [0, 0.05) is 11.8 Å². The van der Waals surface area contributed by atoms with E-state index in [9.17, 15) is 9.59 Å². The molecule has 1 atom stereocenters. The Morgan fingerprint density at radius 2 is 2.05 bits per heavy atom. The summed E-state index contributed by atoms with van der Waals surface area (Å²) in [7, 11) is 1.56. The Balaban J connectivity index is 1.94. The number of thiophene rings is 1. The van der Waals surface area contributed by atoms with E-state index < -0.39 is 6.04 Å². The molecule has 2 aromatic rings. The number of ether oxygens (including phenoxy) is 1. The quantitative estimate of drug-likeness (QED) is 0.892. The molecular weight excluding hydrogens is 288 g/mol. The highest BCUT2D eigenvalue weighted by molar-refractivity contribution is 7.12. The van der Waals surface area contributed by atoms with Crippen molar-refractivity contribution in [2.45, 2.75) is 13.0 Å². The van der Waals surface area contributed by atoms with Crippen molar-refractivity contribution in [2.75, 3.05) is 12.4 Å². The molecule has 0 bridgehead atoms. The predicted molar refractivity (Wildman–Crippen MR) is 82.9 cm³/mol. The molecule has 0 unspecified atom stereocenters. The molecule has 2 amide bonds. The van der Waals surface area contributed by atoms with E-state index in [4.69, 9.17) is 4.74 Å². The van der Waals surface area contributed by atoms with E-state index in [2.05, 4.69) is 10.6 Å². The van der Waals surface area contributed by atoms with Crippen LogP contribution in [-0.2, 0) is 4.79 Å². The van der Waals surface area contributed by atoms with Gasteiger partial charge in [-0.15, -0.1) is 11.3 Å². The summed E-state index contributed by atoms with van der Waals surface area (Å²) in [4.78, 5) is 24.5. The zero-order valence-electron chi connectivity index (χ0n) is 11.8. The number of carbonyl (C=O) groups is 2. The van der Waals surface area contributed by atoms with Gasteiger partial charge in [-0.25, -0.2) is 0 Å². The Bertz CT molecular complexity index is 626. The molecule has 0 saturated carbocycles. The number of hydrogen-bond acceptors (Lipinski definition) is 4. The van der Waals surface area contributed by atoms with Crippen molar-refractivity contribution in [1.29, 1.82) is 0 Å². The summed E-state index contributed by atoms with van der Waals surface area (Å²) < 4.78 is 5.09. The Morgan fingerprint density at radius 3 is 2.71 bits per heavy atom. The normalized spacial score (nSPS) is 11.5. The van der Waals surface area contributed by atoms with Crippen LogP contribution in [0, 0.1) is 0 Å². The first-order valence-corrected chi connectivity index (χ1v) is 7.27. The fourth-order valence-corrected chi connectivity index (χ4v) is 2.32. The van der Waals surface area contributed by atoms with Gasteiger partial charge in [-0.05, 0) is 30.5 Å². The van der Waals surface area contributed by atoms with Crippen LogP contribution in [0.5, 0.6) is 5.75 Å². The molecule has 0 radical (unpaired) electrons. The van der Waals surface area contributed by atoms with Gasteiger partial charge >= 0.3 is 0 Å². The van der Waals surface area contributed by atoms with Crippen LogP contribution < -0.4 is 15.4 Å². The van der Waals surface area contributed by atoms with E-state index in [1.807, 2.05) is 5.38 Å². The van der Waals surface area contributed by atoms with Crippen LogP contribution in [0.25, 0.3) is 0 Å². The highest BCUT2D eigenvalue weighted by Gasteiger charge is 2.17. The standard InChI is InChI=1S/C15H16N2O3S/c1-10(16-15(19)13-7-4-8-21-13)14(18)17-11-5-3-6-12(9-11)20-2/h3-10H,1-2H3,(H,16,19)(H,17,18)/t10-/m1/s1.